The van der Waals surface area contributed by atoms with Crippen molar-refractivity contribution in [3.63, 3.8) is 0 Å². The van der Waals surface area contributed by atoms with Crippen LogP contribution in [0.2, 0.25) is 0 Å². The average Bonchev–Trinajstić information content (AvgIpc) is 3.28. The van der Waals surface area contributed by atoms with E-state index in [1.54, 1.807) is 47.9 Å². The second-order valence-corrected chi connectivity index (χ2v) is 10.7. The zero-order chi connectivity index (χ0) is 25.9. The average molecular weight is 528 g/mol. The minimum atomic E-state index is -3.85. The van der Waals surface area contributed by atoms with Gasteiger partial charge < -0.3 is 0 Å². The highest BCUT2D eigenvalue weighted by atomic mass is 32.2. The number of aryl methyl sites for hydroxylation is 1. The Balaban J connectivity index is 1.67. The van der Waals surface area contributed by atoms with Crippen molar-refractivity contribution < 1.29 is 17.7 Å². The molecular weight excluding hydrogens is 505 g/mol. The largest absolute Gasteiger partial charge is 0.273 e. The molecule has 9 nitrogen and oxygen atoms in total. The van der Waals surface area contributed by atoms with Crippen LogP contribution in [-0.2, 0) is 15.8 Å². The number of nitrogens with one attached hydrogen (secondary N) is 1. The second kappa shape index (κ2) is 10.6. The highest BCUT2D eigenvalue weighted by molar-refractivity contribution is 7.98. The summed E-state index contributed by atoms with van der Waals surface area (Å²) in [5, 5.41) is 20.0. The number of halogens is 1. The molecule has 1 N–H and O–H groups in total. The number of hydrogen-bond acceptors (Lipinski definition) is 7. The summed E-state index contributed by atoms with van der Waals surface area (Å²) in [5.41, 5.74) is 2.24. The molecule has 0 saturated heterocycles. The standard InChI is InChI=1S/C24H22FN5O4S2/c1-16-3-13-22(14-4-16)36(33,34)28-17(2)23-26-27-24(35-15-18-5-7-19(25)8-6-18)29(23)20-9-11-21(12-10-20)30(31)32/h3-14,17,28H,15H2,1-2H3. The van der Waals surface area contributed by atoms with Gasteiger partial charge in [-0.05, 0) is 55.8 Å². The van der Waals surface area contributed by atoms with E-state index in [0.29, 0.717) is 22.4 Å². The van der Waals surface area contributed by atoms with Crippen molar-refractivity contribution in [3.8, 4) is 5.69 Å². The van der Waals surface area contributed by atoms with Gasteiger partial charge in [-0.1, -0.05) is 41.6 Å². The number of nitrogens with zero attached hydrogens (tertiary/aromatic N) is 4. The molecule has 12 heteroatoms. The third-order valence-corrected chi connectivity index (χ3v) is 7.87. The Morgan fingerprint density at radius 1 is 1.03 bits per heavy atom. The maximum absolute atomic E-state index is 13.3. The molecule has 0 aliphatic rings. The first-order valence-electron chi connectivity index (χ1n) is 10.8. The van der Waals surface area contributed by atoms with Crippen molar-refractivity contribution in [3.05, 3.63) is 106 Å². The Morgan fingerprint density at radius 3 is 2.28 bits per heavy atom. The van der Waals surface area contributed by atoms with Gasteiger partial charge in [-0.15, -0.1) is 10.2 Å². The Labute approximate surface area is 211 Å². The summed E-state index contributed by atoms with van der Waals surface area (Å²) >= 11 is 1.32. The van der Waals surface area contributed by atoms with E-state index >= 15 is 0 Å². The van der Waals surface area contributed by atoms with Gasteiger partial charge in [0.1, 0.15) is 5.82 Å². The zero-order valence-electron chi connectivity index (χ0n) is 19.3. The highest BCUT2D eigenvalue weighted by Gasteiger charge is 2.25. The summed E-state index contributed by atoms with van der Waals surface area (Å²) in [5.74, 6) is 0.422. The van der Waals surface area contributed by atoms with Gasteiger partial charge in [0, 0.05) is 23.6 Å². The van der Waals surface area contributed by atoms with Gasteiger partial charge in [0.15, 0.2) is 11.0 Å². The van der Waals surface area contributed by atoms with Crippen molar-refractivity contribution in [2.45, 2.75) is 35.7 Å². The van der Waals surface area contributed by atoms with Crippen LogP contribution >= 0.6 is 11.8 Å². The molecule has 186 valence electrons. The van der Waals surface area contributed by atoms with Gasteiger partial charge >= 0.3 is 0 Å². The van der Waals surface area contributed by atoms with Crippen molar-refractivity contribution in [1.82, 2.24) is 19.5 Å². The predicted molar refractivity (Wildman–Crippen MR) is 134 cm³/mol. The molecule has 0 radical (unpaired) electrons. The molecule has 0 bridgehead atoms. The minimum absolute atomic E-state index is 0.0815. The lowest BCUT2D eigenvalue weighted by Crippen LogP contribution is -2.28. The first-order chi connectivity index (χ1) is 17.1. The van der Waals surface area contributed by atoms with Crippen molar-refractivity contribution in [1.29, 1.82) is 0 Å². The summed E-state index contributed by atoms with van der Waals surface area (Å²) in [4.78, 5) is 10.7. The molecule has 1 heterocycles. The molecule has 36 heavy (non-hydrogen) atoms. The normalized spacial score (nSPS) is 12.4. The van der Waals surface area contributed by atoms with E-state index < -0.39 is 21.0 Å². The monoisotopic (exact) mass is 527 g/mol. The smallest absolute Gasteiger partial charge is 0.269 e. The number of nitro benzene ring substituents is 1. The van der Waals surface area contributed by atoms with Crippen molar-refractivity contribution in [2.75, 3.05) is 0 Å². The van der Waals surface area contributed by atoms with E-state index in [9.17, 15) is 22.9 Å². The lowest BCUT2D eigenvalue weighted by Gasteiger charge is -2.16. The summed E-state index contributed by atoms with van der Waals surface area (Å²) in [6.07, 6.45) is 0. The number of hydrogen-bond donors (Lipinski definition) is 1. The first kappa shape index (κ1) is 25.5. The third kappa shape index (κ3) is 5.78. The third-order valence-electron chi connectivity index (χ3n) is 5.31. The van der Waals surface area contributed by atoms with Crippen LogP contribution in [0.15, 0.2) is 82.8 Å². The van der Waals surface area contributed by atoms with Crippen LogP contribution in [0.1, 0.15) is 29.9 Å². The molecule has 1 unspecified atom stereocenters. The molecule has 0 saturated carbocycles. The van der Waals surface area contributed by atoms with Crippen LogP contribution in [-0.4, -0.2) is 28.1 Å². The Kier molecular flexibility index (Phi) is 7.48. The van der Waals surface area contributed by atoms with Gasteiger partial charge in [-0.25, -0.2) is 17.5 Å². The molecule has 0 aliphatic carbocycles. The van der Waals surface area contributed by atoms with E-state index in [2.05, 4.69) is 14.9 Å². The Bertz CT molecular complexity index is 1470. The van der Waals surface area contributed by atoms with E-state index in [0.717, 1.165) is 11.1 Å². The maximum atomic E-state index is 13.3. The molecule has 1 aromatic heterocycles. The van der Waals surface area contributed by atoms with Crippen molar-refractivity contribution >= 4 is 27.5 Å². The summed E-state index contributed by atoms with van der Waals surface area (Å²) < 4.78 is 43.5. The maximum Gasteiger partial charge on any atom is 0.269 e. The van der Waals surface area contributed by atoms with Crippen LogP contribution in [0, 0.1) is 22.9 Å². The molecule has 0 fully saturated rings. The SMILES string of the molecule is Cc1ccc(S(=O)(=O)NC(C)c2nnc(SCc3ccc(F)cc3)n2-c2ccc([N+](=O)[O-])cc2)cc1. The van der Waals surface area contributed by atoms with Crippen LogP contribution in [0.5, 0.6) is 0 Å². The highest BCUT2D eigenvalue weighted by Crippen LogP contribution is 2.29. The second-order valence-electron chi connectivity index (χ2n) is 8.02. The van der Waals surface area contributed by atoms with Gasteiger partial charge in [0.2, 0.25) is 10.0 Å². The van der Waals surface area contributed by atoms with Gasteiger partial charge in [0.05, 0.1) is 15.9 Å². The van der Waals surface area contributed by atoms with E-state index in [4.69, 9.17) is 0 Å². The summed E-state index contributed by atoms with van der Waals surface area (Å²) in [7, 11) is -3.85. The van der Waals surface area contributed by atoms with E-state index in [1.807, 2.05) is 6.92 Å². The fourth-order valence-corrected chi connectivity index (χ4v) is 5.54. The van der Waals surface area contributed by atoms with E-state index in [-0.39, 0.29) is 16.4 Å². The molecule has 0 aliphatic heterocycles. The first-order valence-corrected chi connectivity index (χ1v) is 13.3. The fourth-order valence-electron chi connectivity index (χ4n) is 3.42. The Morgan fingerprint density at radius 2 is 1.67 bits per heavy atom. The summed E-state index contributed by atoms with van der Waals surface area (Å²) in [6, 6.07) is 17.6. The minimum Gasteiger partial charge on any atom is -0.273 e. The predicted octanol–water partition coefficient (Wildman–Crippen LogP) is 4.95. The molecule has 4 aromatic rings. The molecule has 0 spiro atoms. The van der Waals surface area contributed by atoms with E-state index in [1.165, 1.54) is 48.2 Å². The van der Waals surface area contributed by atoms with Crippen LogP contribution < -0.4 is 4.72 Å². The van der Waals surface area contributed by atoms with Crippen LogP contribution in [0.3, 0.4) is 0 Å². The zero-order valence-corrected chi connectivity index (χ0v) is 21.0. The van der Waals surface area contributed by atoms with Gasteiger partial charge in [0.25, 0.3) is 5.69 Å². The number of nitro groups is 1. The molecule has 1 atom stereocenters. The number of non-ortho nitro benzene ring substituents is 1. The lowest BCUT2D eigenvalue weighted by atomic mass is 10.2. The molecule has 4 rings (SSSR count). The lowest BCUT2D eigenvalue weighted by molar-refractivity contribution is -0.384. The van der Waals surface area contributed by atoms with Crippen molar-refractivity contribution in [2.24, 2.45) is 0 Å². The van der Waals surface area contributed by atoms with Crippen LogP contribution in [0.4, 0.5) is 10.1 Å². The van der Waals surface area contributed by atoms with Gasteiger partial charge in [-0.3, -0.25) is 14.7 Å². The van der Waals surface area contributed by atoms with Crippen LogP contribution in [0.25, 0.3) is 5.69 Å². The topological polar surface area (TPSA) is 120 Å². The number of thioether (sulfide) groups is 1. The molecule has 3 aromatic carbocycles. The number of benzene rings is 3. The number of sulfonamides is 1. The number of aromatic nitrogens is 3. The molecule has 0 amide bonds. The quantitative estimate of drug-likeness (QED) is 0.186. The molecular formula is C24H22FN5O4S2. The Hall–Kier alpha value is -3.61. The summed E-state index contributed by atoms with van der Waals surface area (Å²) in [6.45, 7) is 3.51. The fraction of sp³-hybridized carbons (Fsp3) is 0.167. The number of rotatable bonds is 9. The van der Waals surface area contributed by atoms with Gasteiger partial charge in [-0.2, -0.15) is 0 Å².